The fraction of sp³-hybridized carbons (Fsp3) is 0.250. The summed E-state index contributed by atoms with van der Waals surface area (Å²) in [6.45, 7) is 3.73. The van der Waals surface area contributed by atoms with E-state index in [1.807, 2.05) is 6.92 Å². The van der Waals surface area contributed by atoms with Gasteiger partial charge in [-0.2, -0.15) is 5.10 Å². The molecule has 2 heterocycles. The molecule has 0 fully saturated rings. The number of carbonyl (C=O) groups excluding carboxylic acids is 1. The third kappa shape index (κ3) is 4.87. The quantitative estimate of drug-likeness (QED) is 0.688. The maximum Gasteiger partial charge on any atom is 0.271 e. The molecule has 3 aromatic rings. The number of hydrogen-bond acceptors (Lipinski definition) is 5. The molecule has 0 aliphatic rings. The van der Waals surface area contributed by atoms with Crippen molar-refractivity contribution < 1.29 is 13.6 Å². The largest absolute Gasteiger partial charge is 0.346 e. The number of halogens is 2. The standard InChI is InChI=1S/C20H19F2N5O2/c1-3-14(25-20(29)18-10-23-12(2)9-24-18)11-27-19(28)7-6-17(26-27)13-4-5-15(21)16(22)8-13/h4-10,14H,3,11H2,1-2H3,(H,25,29)/t14-/m0/s1. The van der Waals surface area contributed by atoms with Crippen LogP contribution in [0.1, 0.15) is 29.5 Å². The fourth-order valence-corrected chi connectivity index (χ4v) is 2.64. The topological polar surface area (TPSA) is 89.8 Å². The molecular formula is C20H19F2N5O2. The minimum absolute atomic E-state index is 0.109. The van der Waals surface area contributed by atoms with Crippen LogP contribution in [0.4, 0.5) is 8.78 Å². The van der Waals surface area contributed by atoms with Crippen LogP contribution >= 0.6 is 0 Å². The highest BCUT2D eigenvalue weighted by Gasteiger charge is 2.16. The summed E-state index contributed by atoms with van der Waals surface area (Å²) in [6, 6.07) is 5.73. The number of hydrogen-bond donors (Lipinski definition) is 1. The maximum absolute atomic E-state index is 13.5. The molecule has 0 saturated heterocycles. The summed E-state index contributed by atoms with van der Waals surface area (Å²) >= 11 is 0. The van der Waals surface area contributed by atoms with Crippen LogP contribution in [0.25, 0.3) is 11.3 Å². The molecule has 29 heavy (non-hydrogen) atoms. The number of carbonyl (C=O) groups is 1. The molecule has 0 aliphatic heterocycles. The van der Waals surface area contributed by atoms with Crippen molar-refractivity contribution in [1.29, 1.82) is 0 Å². The van der Waals surface area contributed by atoms with Crippen molar-refractivity contribution in [2.24, 2.45) is 0 Å². The number of nitrogens with one attached hydrogen (secondary N) is 1. The van der Waals surface area contributed by atoms with E-state index in [2.05, 4.69) is 20.4 Å². The van der Waals surface area contributed by atoms with Gasteiger partial charge in [-0.25, -0.2) is 18.4 Å². The summed E-state index contributed by atoms with van der Waals surface area (Å²) in [6.07, 6.45) is 3.41. The Labute approximate surface area is 165 Å². The van der Waals surface area contributed by atoms with Crippen LogP contribution in [0, 0.1) is 18.6 Å². The second kappa shape index (κ2) is 8.68. The van der Waals surface area contributed by atoms with E-state index in [9.17, 15) is 18.4 Å². The van der Waals surface area contributed by atoms with Crippen LogP contribution in [0.15, 0.2) is 47.5 Å². The molecule has 3 rings (SSSR count). The summed E-state index contributed by atoms with van der Waals surface area (Å²) in [7, 11) is 0. The van der Waals surface area contributed by atoms with Gasteiger partial charge < -0.3 is 5.32 Å². The molecule has 0 bridgehead atoms. The average Bonchev–Trinajstić information content (AvgIpc) is 2.71. The summed E-state index contributed by atoms with van der Waals surface area (Å²) in [4.78, 5) is 32.6. The summed E-state index contributed by atoms with van der Waals surface area (Å²) in [5.41, 5.74) is 1.14. The lowest BCUT2D eigenvalue weighted by Crippen LogP contribution is -2.40. The first kappa shape index (κ1) is 20.2. The maximum atomic E-state index is 13.5. The first-order valence-corrected chi connectivity index (χ1v) is 9.00. The highest BCUT2D eigenvalue weighted by atomic mass is 19.2. The van der Waals surface area contributed by atoms with E-state index in [-0.39, 0.29) is 17.8 Å². The van der Waals surface area contributed by atoms with Crippen LogP contribution in [0.3, 0.4) is 0 Å². The summed E-state index contributed by atoms with van der Waals surface area (Å²) < 4.78 is 27.9. The van der Waals surface area contributed by atoms with Gasteiger partial charge in [-0.1, -0.05) is 6.92 Å². The predicted octanol–water partition coefficient (Wildman–Crippen LogP) is 2.50. The molecular weight excluding hydrogens is 380 g/mol. The Kier molecular flexibility index (Phi) is 6.06. The highest BCUT2D eigenvalue weighted by Crippen LogP contribution is 2.18. The lowest BCUT2D eigenvalue weighted by atomic mass is 10.1. The van der Waals surface area contributed by atoms with E-state index in [0.717, 1.165) is 12.1 Å². The van der Waals surface area contributed by atoms with Gasteiger partial charge >= 0.3 is 0 Å². The lowest BCUT2D eigenvalue weighted by molar-refractivity contribution is 0.0925. The molecule has 9 heteroatoms. The van der Waals surface area contributed by atoms with Crippen molar-refractivity contribution >= 4 is 5.91 Å². The number of nitrogens with zero attached hydrogens (tertiary/aromatic N) is 4. The van der Waals surface area contributed by atoms with Gasteiger partial charge in [-0.3, -0.25) is 14.6 Å². The lowest BCUT2D eigenvalue weighted by Gasteiger charge is -2.18. The molecule has 1 atom stereocenters. The van der Waals surface area contributed by atoms with Crippen LogP contribution in [-0.4, -0.2) is 31.7 Å². The molecule has 0 radical (unpaired) electrons. The summed E-state index contributed by atoms with van der Waals surface area (Å²) in [5, 5.41) is 7.03. The molecule has 1 amide bonds. The molecule has 150 valence electrons. The van der Waals surface area contributed by atoms with Crippen molar-refractivity contribution in [3.05, 3.63) is 76.1 Å². The van der Waals surface area contributed by atoms with Gasteiger partial charge in [0.15, 0.2) is 11.6 Å². The zero-order valence-corrected chi connectivity index (χ0v) is 15.9. The normalized spacial score (nSPS) is 11.9. The van der Waals surface area contributed by atoms with Gasteiger partial charge in [0.1, 0.15) is 5.69 Å². The highest BCUT2D eigenvalue weighted by molar-refractivity contribution is 5.92. The Bertz CT molecular complexity index is 1080. The Morgan fingerprint density at radius 1 is 1.14 bits per heavy atom. The third-order valence-corrected chi connectivity index (χ3v) is 4.32. The van der Waals surface area contributed by atoms with Gasteiger partial charge in [-0.15, -0.1) is 0 Å². The van der Waals surface area contributed by atoms with E-state index >= 15 is 0 Å². The number of aromatic nitrogens is 4. The second-order valence-corrected chi connectivity index (χ2v) is 6.49. The first-order chi connectivity index (χ1) is 13.9. The van der Waals surface area contributed by atoms with Crippen molar-refractivity contribution in [2.75, 3.05) is 0 Å². The minimum Gasteiger partial charge on any atom is -0.346 e. The zero-order valence-electron chi connectivity index (χ0n) is 15.9. The van der Waals surface area contributed by atoms with Gasteiger partial charge in [0.25, 0.3) is 11.5 Å². The monoisotopic (exact) mass is 399 g/mol. The van der Waals surface area contributed by atoms with E-state index < -0.39 is 23.6 Å². The van der Waals surface area contributed by atoms with E-state index in [1.54, 1.807) is 6.92 Å². The predicted molar refractivity (Wildman–Crippen MR) is 102 cm³/mol. The minimum atomic E-state index is -1.00. The average molecular weight is 399 g/mol. The van der Waals surface area contributed by atoms with Gasteiger partial charge in [0.2, 0.25) is 0 Å². The van der Waals surface area contributed by atoms with E-state index in [1.165, 1.54) is 35.3 Å². The molecule has 0 spiro atoms. The Hall–Kier alpha value is -3.49. The van der Waals surface area contributed by atoms with E-state index in [4.69, 9.17) is 0 Å². The van der Waals surface area contributed by atoms with Crippen molar-refractivity contribution in [2.45, 2.75) is 32.9 Å². The van der Waals surface area contributed by atoms with Crippen molar-refractivity contribution in [1.82, 2.24) is 25.1 Å². The Morgan fingerprint density at radius 3 is 2.59 bits per heavy atom. The second-order valence-electron chi connectivity index (χ2n) is 6.49. The van der Waals surface area contributed by atoms with Gasteiger partial charge in [0.05, 0.1) is 24.1 Å². The zero-order chi connectivity index (χ0) is 21.0. The Morgan fingerprint density at radius 2 is 1.93 bits per heavy atom. The number of rotatable bonds is 6. The molecule has 0 aliphatic carbocycles. The molecule has 7 nitrogen and oxygen atoms in total. The first-order valence-electron chi connectivity index (χ1n) is 9.00. The molecule has 2 aromatic heterocycles. The van der Waals surface area contributed by atoms with Gasteiger partial charge in [-0.05, 0) is 37.6 Å². The third-order valence-electron chi connectivity index (χ3n) is 4.32. The van der Waals surface area contributed by atoms with Gasteiger partial charge in [0, 0.05) is 23.9 Å². The van der Waals surface area contributed by atoms with Crippen LogP contribution in [-0.2, 0) is 6.54 Å². The smallest absolute Gasteiger partial charge is 0.271 e. The molecule has 1 aromatic carbocycles. The molecule has 0 saturated carbocycles. The van der Waals surface area contributed by atoms with Crippen molar-refractivity contribution in [3.63, 3.8) is 0 Å². The number of aryl methyl sites for hydroxylation is 1. The number of benzene rings is 1. The number of amides is 1. The van der Waals surface area contributed by atoms with Crippen LogP contribution < -0.4 is 10.9 Å². The Balaban J connectivity index is 1.80. The summed E-state index contributed by atoms with van der Waals surface area (Å²) in [5.74, 6) is -2.37. The van der Waals surface area contributed by atoms with Crippen molar-refractivity contribution in [3.8, 4) is 11.3 Å². The SMILES string of the molecule is CC[C@@H](Cn1nc(-c2ccc(F)c(F)c2)ccc1=O)NC(=O)c1cnc(C)cn1. The molecule has 1 N–H and O–H groups in total. The molecule has 0 unspecified atom stereocenters. The fourth-order valence-electron chi connectivity index (χ4n) is 2.64. The van der Waals surface area contributed by atoms with Crippen LogP contribution in [0.2, 0.25) is 0 Å². The van der Waals surface area contributed by atoms with E-state index in [0.29, 0.717) is 23.4 Å². The van der Waals surface area contributed by atoms with Crippen LogP contribution in [0.5, 0.6) is 0 Å².